The van der Waals surface area contributed by atoms with Gasteiger partial charge in [-0.1, -0.05) is 23.7 Å². The molecular weight excluding hydrogens is 410 g/mol. The Morgan fingerprint density at radius 2 is 2.00 bits per heavy atom. The first-order chi connectivity index (χ1) is 14.1. The lowest BCUT2D eigenvalue weighted by Crippen LogP contribution is -2.51. The minimum atomic E-state index is -1.06. The number of hydrogen-bond donors (Lipinski definition) is 0. The maximum absolute atomic E-state index is 13.7. The van der Waals surface area contributed by atoms with E-state index in [1.54, 1.807) is 58.3 Å². The van der Waals surface area contributed by atoms with Crippen LogP contribution >= 0.6 is 22.9 Å². The number of nitrogens with zero attached hydrogens (tertiary/aromatic N) is 3. The number of fused-ring (bicyclic) bond motifs is 3. The van der Waals surface area contributed by atoms with Crippen molar-refractivity contribution < 1.29 is 14.3 Å². The van der Waals surface area contributed by atoms with Gasteiger partial charge in [0, 0.05) is 52.4 Å². The van der Waals surface area contributed by atoms with Gasteiger partial charge in [0.05, 0.1) is 18.2 Å². The second-order valence-electron chi connectivity index (χ2n) is 6.87. The molecule has 0 radical (unpaired) electrons. The largest absolute Gasteiger partial charge is 0.495 e. The summed E-state index contributed by atoms with van der Waals surface area (Å²) in [5.74, 6) is 0.232. The molecule has 0 bridgehead atoms. The number of benzene rings is 1. The average molecular weight is 426 g/mol. The van der Waals surface area contributed by atoms with Crippen molar-refractivity contribution in [2.75, 3.05) is 20.2 Å². The first-order valence-corrected chi connectivity index (χ1v) is 10.4. The van der Waals surface area contributed by atoms with Gasteiger partial charge in [-0.05, 0) is 18.2 Å². The van der Waals surface area contributed by atoms with E-state index >= 15 is 0 Å². The van der Waals surface area contributed by atoms with Gasteiger partial charge < -0.3 is 14.5 Å². The van der Waals surface area contributed by atoms with Gasteiger partial charge in [-0.15, -0.1) is 11.3 Å². The molecule has 6 nitrogen and oxygen atoms in total. The van der Waals surface area contributed by atoms with Crippen LogP contribution in [0.5, 0.6) is 5.75 Å². The highest BCUT2D eigenvalue weighted by Crippen LogP contribution is 2.50. The number of pyridine rings is 1. The zero-order valence-corrected chi connectivity index (χ0v) is 17.0. The van der Waals surface area contributed by atoms with E-state index in [2.05, 4.69) is 4.98 Å². The van der Waals surface area contributed by atoms with Crippen LogP contribution in [-0.4, -0.2) is 46.8 Å². The van der Waals surface area contributed by atoms with E-state index in [0.29, 0.717) is 40.6 Å². The quantitative estimate of drug-likeness (QED) is 0.643. The first kappa shape index (κ1) is 18.1. The number of carbonyl (C=O) groups is 2. The molecule has 1 saturated heterocycles. The number of rotatable bonds is 3. The summed E-state index contributed by atoms with van der Waals surface area (Å²) in [4.78, 5) is 34.6. The molecule has 146 valence electrons. The van der Waals surface area contributed by atoms with Crippen LogP contribution in [0.3, 0.4) is 0 Å². The maximum atomic E-state index is 13.7. The van der Waals surface area contributed by atoms with Crippen LogP contribution in [0.4, 0.5) is 0 Å². The Hall–Kier alpha value is -2.90. The fourth-order valence-electron chi connectivity index (χ4n) is 4.36. The highest BCUT2D eigenvalue weighted by Gasteiger charge is 2.60. The van der Waals surface area contributed by atoms with Crippen molar-refractivity contribution >= 4 is 34.8 Å². The minimum absolute atomic E-state index is 0.107. The van der Waals surface area contributed by atoms with E-state index in [1.165, 1.54) is 11.3 Å². The van der Waals surface area contributed by atoms with Crippen LogP contribution in [0, 0.1) is 0 Å². The number of halogens is 1. The number of hydrogen-bond acceptors (Lipinski definition) is 5. The number of ether oxygens (including phenoxy) is 1. The predicted molar refractivity (Wildman–Crippen MR) is 109 cm³/mol. The van der Waals surface area contributed by atoms with Crippen LogP contribution in [0.25, 0.3) is 0 Å². The number of methoxy groups -OCH3 is 1. The highest BCUT2D eigenvalue weighted by atomic mass is 35.5. The Bertz CT molecular complexity index is 1130. The standard InChI is InChI=1S/C21H16ClN3O3S/c1-28-18-12-29-11-16(18)20(27)25-9-8-24-19(26)15-6-7-23-10-17(15)21(24,25)13-2-4-14(22)5-3-13/h2-7,10-12H,8-9H2,1H3. The molecule has 4 heterocycles. The van der Waals surface area contributed by atoms with E-state index in [-0.39, 0.29) is 11.8 Å². The molecule has 2 aliphatic heterocycles. The summed E-state index contributed by atoms with van der Waals surface area (Å²) in [6.45, 7) is 0.828. The number of thiophene rings is 1. The molecule has 1 fully saturated rings. The van der Waals surface area contributed by atoms with E-state index < -0.39 is 5.66 Å². The topological polar surface area (TPSA) is 62.7 Å². The molecule has 3 aromatic rings. The number of aromatic nitrogens is 1. The summed E-state index contributed by atoms with van der Waals surface area (Å²) in [7, 11) is 1.54. The average Bonchev–Trinajstić information content (AvgIpc) is 3.43. The summed E-state index contributed by atoms with van der Waals surface area (Å²) in [5.41, 5.74) is 1.48. The lowest BCUT2D eigenvalue weighted by molar-refractivity contribution is 0.0373. The summed E-state index contributed by atoms with van der Waals surface area (Å²) in [6, 6.07) is 8.98. The second kappa shape index (κ2) is 6.57. The van der Waals surface area contributed by atoms with Gasteiger partial charge in [-0.25, -0.2) is 0 Å². The molecule has 0 spiro atoms. The Balaban J connectivity index is 1.75. The monoisotopic (exact) mass is 425 g/mol. The number of amides is 2. The van der Waals surface area contributed by atoms with Crippen LogP contribution in [0.2, 0.25) is 5.02 Å². The molecule has 0 N–H and O–H groups in total. The highest BCUT2D eigenvalue weighted by molar-refractivity contribution is 7.08. The summed E-state index contributed by atoms with van der Waals surface area (Å²) >= 11 is 7.52. The van der Waals surface area contributed by atoms with Gasteiger partial charge in [0.15, 0.2) is 5.66 Å². The van der Waals surface area contributed by atoms with Crippen molar-refractivity contribution in [2.24, 2.45) is 0 Å². The summed E-state index contributed by atoms with van der Waals surface area (Å²) in [5, 5.41) is 4.16. The third kappa shape index (κ3) is 2.37. The zero-order chi connectivity index (χ0) is 20.2. The van der Waals surface area contributed by atoms with Crippen molar-refractivity contribution in [3.05, 3.63) is 80.8 Å². The molecule has 8 heteroatoms. The summed E-state index contributed by atoms with van der Waals surface area (Å²) in [6.07, 6.45) is 3.28. The van der Waals surface area contributed by atoms with Gasteiger partial charge >= 0.3 is 0 Å². The Labute approximate surface area is 176 Å². The fourth-order valence-corrected chi connectivity index (χ4v) is 5.25. The molecule has 0 saturated carbocycles. The molecule has 0 aliphatic carbocycles. The van der Waals surface area contributed by atoms with E-state index in [9.17, 15) is 9.59 Å². The SMILES string of the molecule is COc1cscc1C(=O)N1CCN2C(=O)c3ccncc3C12c1ccc(Cl)cc1. The third-order valence-corrected chi connectivity index (χ3v) is 6.54. The fraction of sp³-hybridized carbons (Fsp3) is 0.190. The van der Waals surface area contributed by atoms with Gasteiger partial charge in [-0.3, -0.25) is 14.6 Å². The Kier molecular flexibility index (Phi) is 4.11. The van der Waals surface area contributed by atoms with Gasteiger partial charge in [-0.2, -0.15) is 0 Å². The van der Waals surface area contributed by atoms with Crippen LogP contribution in [0.1, 0.15) is 31.8 Å². The van der Waals surface area contributed by atoms with Crippen molar-refractivity contribution in [3.8, 4) is 5.75 Å². The number of carbonyl (C=O) groups excluding carboxylic acids is 2. The van der Waals surface area contributed by atoms with E-state index in [1.807, 2.05) is 12.1 Å². The van der Waals surface area contributed by atoms with Crippen molar-refractivity contribution in [3.63, 3.8) is 0 Å². The third-order valence-electron chi connectivity index (χ3n) is 5.57. The zero-order valence-electron chi connectivity index (χ0n) is 15.5. The molecule has 29 heavy (non-hydrogen) atoms. The van der Waals surface area contributed by atoms with Crippen LogP contribution in [0.15, 0.2) is 53.5 Å². The smallest absolute Gasteiger partial charge is 0.260 e. The maximum Gasteiger partial charge on any atom is 0.260 e. The molecule has 2 amide bonds. The predicted octanol–water partition coefficient (Wildman–Crippen LogP) is 3.62. The van der Waals surface area contributed by atoms with Crippen molar-refractivity contribution in [1.82, 2.24) is 14.8 Å². The molecule has 2 aromatic heterocycles. The van der Waals surface area contributed by atoms with E-state index in [4.69, 9.17) is 16.3 Å². The van der Waals surface area contributed by atoms with Gasteiger partial charge in [0.25, 0.3) is 11.8 Å². The molecule has 1 aromatic carbocycles. The molecule has 1 unspecified atom stereocenters. The normalized spacial score (nSPS) is 20.0. The Morgan fingerprint density at radius 1 is 1.21 bits per heavy atom. The van der Waals surface area contributed by atoms with Gasteiger partial charge in [0.1, 0.15) is 5.75 Å². The Morgan fingerprint density at radius 3 is 2.76 bits per heavy atom. The van der Waals surface area contributed by atoms with Crippen molar-refractivity contribution in [1.29, 1.82) is 0 Å². The van der Waals surface area contributed by atoms with Crippen LogP contribution in [-0.2, 0) is 5.66 Å². The van der Waals surface area contributed by atoms with Gasteiger partial charge in [0.2, 0.25) is 0 Å². The molecule has 1 atom stereocenters. The summed E-state index contributed by atoms with van der Waals surface area (Å²) < 4.78 is 5.37. The second-order valence-corrected chi connectivity index (χ2v) is 8.05. The molecular formula is C21H16ClN3O3S. The lowest BCUT2D eigenvalue weighted by Gasteiger charge is -2.40. The minimum Gasteiger partial charge on any atom is -0.495 e. The molecule has 5 rings (SSSR count). The van der Waals surface area contributed by atoms with Crippen molar-refractivity contribution in [2.45, 2.75) is 5.66 Å². The lowest BCUT2D eigenvalue weighted by atomic mass is 9.90. The van der Waals surface area contributed by atoms with Crippen LogP contribution < -0.4 is 4.74 Å². The van der Waals surface area contributed by atoms with E-state index in [0.717, 1.165) is 5.56 Å². The molecule has 2 aliphatic rings. The first-order valence-electron chi connectivity index (χ1n) is 9.03.